The molecule has 0 atom stereocenters. The minimum Gasteiger partial charge on any atom is -0.274 e. The lowest BCUT2D eigenvalue weighted by Crippen LogP contribution is -2.31. The first-order chi connectivity index (χ1) is 7.25. The first-order valence-electron chi connectivity index (χ1n) is 5.17. The Morgan fingerprint density at radius 3 is 2.93 bits per heavy atom. The van der Waals surface area contributed by atoms with Crippen molar-refractivity contribution in [1.29, 1.82) is 0 Å². The van der Waals surface area contributed by atoms with Crippen molar-refractivity contribution >= 4 is 10.9 Å². The minimum atomic E-state index is -0.0576. The molecule has 0 N–H and O–H groups in total. The second-order valence-corrected chi connectivity index (χ2v) is 4.09. The molecule has 0 spiro atoms. The van der Waals surface area contributed by atoms with Crippen LogP contribution in [0.15, 0.2) is 17.2 Å². The van der Waals surface area contributed by atoms with E-state index in [9.17, 15) is 4.79 Å². The van der Waals surface area contributed by atoms with Gasteiger partial charge in [-0.1, -0.05) is 0 Å². The molecule has 3 rings (SSSR count). The summed E-state index contributed by atoms with van der Waals surface area (Å²) in [5.41, 5.74) is 0.470. The summed E-state index contributed by atoms with van der Waals surface area (Å²) in [6, 6.07) is 0.295. The zero-order valence-corrected chi connectivity index (χ0v) is 8.55. The molecule has 2 aromatic rings. The van der Waals surface area contributed by atoms with E-state index in [1.54, 1.807) is 15.6 Å². The van der Waals surface area contributed by atoms with Crippen LogP contribution in [0.2, 0.25) is 0 Å². The van der Waals surface area contributed by atoms with Crippen LogP contribution in [0.5, 0.6) is 0 Å². The van der Waals surface area contributed by atoms with E-state index in [1.807, 2.05) is 13.2 Å². The lowest BCUT2D eigenvalue weighted by molar-refractivity contribution is 0.280. The summed E-state index contributed by atoms with van der Waals surface area (Å²) in [6.07, 6.45) is 6.85. The lowest BCUT2D eigenvalue weighted by atomic mass is 9.93. The van der Waals surface area contributed by atoms with E-state index in [4.69, 9.17) is 0 Å². The molecule has 1 fully saturated rings. The molecule has 0 radical (unpaired) electrons. The maximum atomic E-state index is 12.0. The molecule has 1 aliphatic rings. The van der Waals surface area contributed by atoms with Gasteiger partial charge in [-0.15, -0.1) is 0 Å². The molecule has 78 valence electrons. The standard InChI is InChI=1S/C10H12N4O/c1-13-6-7-5-11-14(8-3-2-4-8)10(15)9(7)12-13/h5-6,8H,2-4H2,1H3. The molecule has 1 saturated carbocycles. The average Bonchev–Trinajstić information content (AvgIpc) is 2.49. The van der Waals surface area contributed by atoms with Crippen LogP contribution in [-0.2, 0) is 7.05 Å². The van der Waals surface area contributed by atoms with E-state index in [0.29, 0.717) is 11.6 Å². The number of nitrogens with zero attached hydrogens (tertiary/aromatic N) is 4. The van der Waals surface area contributed by atoms with Crippen LogP contribution in [-0.4, -0.2) is 19.6 Å². The zero-order valence-electron chi connectivity index (χ0n) is 8.55. The second-order valence-electron chi connectivity index (χ2n) is 4.09. The highest BCUT2D eigenvalue weighted by Crippen LogP contribution is 2.29. The fraction of sp³-hybridized carbons (Fsp3) is 0.500. The van der Waals surface area contributed by atoms with Gasteiger partial charge in [0.1, 0.15) is 0 Å². The highest BCUT2D eigenvalue weighted by atomic mass is 16.1. The maximum absolute atomic E-state index is 12.0. The van der Waals surface area contributed by atoms with Gasteiger partial charge in [-0.2, -0.15) is 10.2 Å². The summed E-state index contributed by atoms with van der Waals surface area (Å²) in [4.78, 5) is 12.0. The van der Waals surface area contributed by atoms with Crippen LogP contribution in [0, 0.1) is 0 Å². The summed E-state index contributed by atoms with van der Waals surface area (Å²) >= 11 is 0. The molecule has 0 aliphatic heterocycles. The van der Waals surface area contributed by atoms with Gasteiger partial charge in [-0.05, 0) is 19.3 Å². The Morgan fingerprint density at radius 2 is 2.27 bits per heavy atom. The monoisotopic (exact) mass is 204 g/mol. The number of aromatic nitrogens is 4. The van der Waals surface area contributed by atoms with Gasteiger partial charge in [-0.25, -0.2) is 4.68 Å². The van der Waals surface area contributed by atoms with Gasteiger partial charge in [0.2, 0.25) is 0 Å². The molecule has 15 heavy (non-hydrogen) atoms. The predicted octanol–water partition coefficient (Wildman–Crippen LogP) is 0.855. The molecular formula is C10H12N4O. The highest BCUT2D eigenvalue weighted by Gasteiger charge is 2.22. The van der Waals surface area contributed by atoms with E-state index < -0.39 is 0 Å². The molecule has 1 aliphatic carbocycles. The molecule has 5 nitrogen and oxygen atoms in total. The molecule has 0 amide bonds. The predicted molar refractivity (Wildman–Crippen MR) is 55.7 cm³/mol. The third-order valence-corrected chi connectivity index (χ3v) is 3.01. The van der Waals surface area contributed by atoms with Crippen LogP contribution in [0.1, 0.15) is 25.3 Å². The van der Waals surface area contributed by atoms with Crippen molar-refractivity contribution < 1.29 is 0 Å². The van der Waals surface area contributed by atoms with Crippen molar-refractivity contribution in [2.45, 2.75) is 25.3 Å². The topological polar surface area (TPSA) is 52.7 Å². The molecule has 2 heterocycles. The summed E-state index contributed by atoms with van der Waals surface area (Å²) in [6.45, 7) is 0. The van der Waals surface area contributed by atoms with Crippen LogP contribution in [0.4, 0.5) is 0 Å². The second kappa shape index (κ2) is 2.92. The molecular weight excluding hydrogens is 192 g/mol. The van der Waals surface area contributed by atoms with Gasteiger partial charge in [0, 0.05) is 18.6 Å². The minimum absolute atomic E-state index is 0.0576. The Bertz CT molecular complexity index is 564. The molecule has 0 aromatic carbocycles. The summed E-state index contributed by atoms with van der Waals surface area (Å²) in [5, 5.41) is 9.17. The summed E-state index contributed by atoms with van der Waals surface area (Å²) < 4.78 is 3.23. The fourth-order valence-electron chi connectivity index (χ4n) is 1.94. The Kier molecular flexibility index (Phi) is 1.68. The van der Waals surface area contributed by atoms with Crippen LogP contribution in [0.3, 0.4) is 0 Å². The normalized spacial score (nSPS) is 16.9. The molecule has 2 aromatic heterocycles. The van der Waals surface area contributed by atoms with Crippen molar-refractivity contribution in [3.63, 3.8) is 0 Å². The zero-order chi connectivity index (χ0) is 10.4. The number of hydrogen-bond acceptors (Lipinski definition) is 3. The van der Waals surface area contributed by atoms with Crippen molar-refractivity contribution in [1.82, 2.24) is 19.6 Å². The van der Waals surface area contributed by atoms with Crippen molar-refractivity contribution in [2.75, 3.05) is 0 Å². The first-order valence-corrected chi connectivity index (χ1v) is 5.17. The van der Waals surface area contributed by atoms with Gasteiger partial charge < -0.3 is 0 Å². The third-order valence-electron chi connectivity index (χ3n) is 3.01. The maximum Gasteiger partial charge on any atom is 0.295 e. The smallest absolute Gasteiger partial charge is 0.274 e. The molecule has 0 saturated heterocycles. The van der Waals surface area contributed by atoms with Crippen molar-refractivity contribution in [3.05, 3.63) is 22.7 Å². The molecule has 0 bridgehead atoms. The van der Waals surface area contributed by atoms with E-state index in [2.05, 4.69) is 10.2 Å². The molecule has 5 heteroatoms. The van der Waals surface area contributed by atoms with Crippen LogP contribution >= 0.6 is 0 Å². The number of hydrogen-bond donors (Lipinski definition) is 0. The van der Waals surface area contributed by atoms with Gasteiger partial charge in [0.15, 0.2) is 5.52 Å². The number of aryl methyl sites for hydroxylation is 1. The van der Waals surface area contributed by atoms with Gasteiger partial charge in [0.25, 0.3) is 5.56 Å². The average molecular weight is 204 g/mol. The Labute approximate surface area is 86.3 Å². The van der Waals surface area contributed by atoms with E-state index in [0.717, 1.165) is 18.2 Å². The van der Waals surface area contributed by atoms with Crippen LogP contribution < -0.4 is 5.56 Å². The van der Waals surface area contributed by atoms with E-state index in [1.165, 1.54) is 6.42 Å². The fourth-order valence-corrected chi connectivity index (χ4v) is 1.94. The Hall–Kier alpha value is -1.65. The number of fused-ring (bicyclic) bond motifs is 1. The quantitative estimate of drug-likeness (QED) is 0.692. The largest absolute Gasteiger partial charge is 0.295 e. The molecule has 0 unspecified atom stereocenters. The summed E-state index contributed by atoms with van der Waals surface area (Å²) in [7, 11) is 1.81. The Morgan fingerprint density at radius 1 is 1.47 bits per heavy atom. The number of rotatable bonds is 1. The van der Waals surface area contributed by atoms with Crippen LogP contribution in [0.25, 0.3) is 10.9 Å². The third kappa shape index (κ3) is 1.19. The van der Waals surface area contributed by atoms with Gasteiger partial charge in [0.05, 0.1) is 12.2 Å². The Balaban J connectivity index is 2.24. The van der Waals surface area contributed by atoms with E-state index in [-0.39, 0.29) is 5.56 Å². The van der Waals surface area contributed by atoms with Crippen molar-refractivity contribution in [2.24, 2.45) is 7.05 Å². The van der Waals surface area contributed by atoms with Gasteiger partial charge in [-0.3, -0.25) is 9.48 Å². The summed E-state index contributed by atoms with van der Waals surface area (Å²) in [5.74, 6) is 0. The first kappa shape index (κ1) is 8.64. The lowest BCUT2D eigenvalue weighted by Gasteiger charge is -2.25. The highest BCUT2D eigenvalue weighted by molar-refractivity contribution is 5.75. The van der Waals surface area contributed by atoms with Crippen molar-refractivity contribution in [3.8, 4) is 0 Å². The van der Waals surface area contributed by atoms with Gasteiger partial charge >= 0.3 is 0 Å². The van der Waals surface area contributed by atoms with E-state index >= 15 is 0 Å². The SMILES string of the molecule is Cn1cc2cnn(C3CCC3)c(=O)c2n1.